The van der Waals surface area contributed by atoms with Gasteiger partial charge in [0.2, 0.25) is 0 Å². The monoisotopic (exact) mass is 379 g/mol. The molecule has 3 aromatic heterocycles. The molecule has 25 heavy (non-hydrogen) atoms. The van der Waals surface area contributed by atoms with Crippen LogP contribution in [-0.2, 0) is 12.4 Å². The summed E-state index contributed by atoms with van der Waals surface area (Å²) in [5.74, 6) is -0.743. The average molecular weight is 379 g/mol. The van der Waals surface area contributed by atoms with Crippen molar-refractivity contribution in [3.05, 3.63) is 40.5 Å². The third-order valence-corrected chi connectivity index (χ3v) is 4.07. The van der Waals surface area contributed by atoms with E-state index < -0.39 is 34.3 Å². The van der Waals surface area contributed by atoms with E-state index in [1.54, 1.807) is 0 Å². The fourth-order valence-electron chi connectivity index (χ4n) is 2.08. The largest absolute Gasteiger partial charge is 0.435 e. The van der Waals surface area contributed by atoms with Crippen LogP contribution in [0.5, 0.6) is 0 Å². The lowest BCUT2D eigenvalue weighted by Gasteiger charge is -2.05. The van der Waals surface area contributed by atoms with Gasteiger partial charge in [0, 0.05) is 12.4 Å². The Kier molecular flexibility index (Phi) is 3.94. The van der Waals surface area contributed by atoms with Crippen LogP contribution in [-0.4, -0.2) is 19.7 Å². The van der Waals surface area contributed by atoms with Gasteiger partial charge >= 0.3 is 12.4 Å². The lowest BCUT2D eigenvalue weighted by atomic mass is 10.1. The number of alkyl halides is 6. The second-order valence-electron chi connectivity index (χ2n) is 4.76. The first-order valence-corrected chi connectivity index (χ1v) is 7.36. The number of halogens is 6. The maximum absolute atomic E-state index is 13.3. The Morgan fingerprint density at radius 3 is 2.16 bits per heavy atom. The molecule has 0 saturated heterocycles. The van der Waals surface area contributed by atoms with Gasteiger partial charge in [-0.1, -0.05) is 0 Å². The molecule has 0 bridgehead atoms. The van der Waals surface area contributed by atoms with Gasteiger partial charge in [0.25, 0.3) is 5.95 Å². The Morgan fingerprint density at radius 2 is 1.64 bits per heavy atom. The lowest BCUT2D eigenvalue weighted by molar-refractivity contribution is -0.140. The summed E-state index contributed by atoms with van der Waals surface area (Å²) in [6.07, 6.45) is -7.07. The Morgan fingerprint density at radius 1 is 1.00 bits per heavy atom. The van der Waals surface area contributed by atoms with Gasteiger partial charge in [-0.2, -0.15) is 36.1 Å². The third kappa shape index (κ3) is 3.16. The van der Waals surface area contributed by atoms with Crippen LogP contribution in [0, 0.1) is 0 Å². The van der Waals surface area contributed by atoms with Crippen molar-refractivity contribution in [3.63, 3.8) is 0 Å². The van der Waals surface area contributed by atoms with Gasteiger partial charge in [0.05, 0.1) is 5.56 Å². The van der Waals surface area contributed by atoms with Gasteiger partial charge in [-0.25, -0.2) is 9.97 Å². The second kappa shape index (κ2) is 5.72. The van der Waals surface area contributed by atoms with Crippen molar-refractivity contribution in [2.75, 3.05) is 5.73 Å². The van der Waals surface area contributed by atoms with Crippen LogP contribution in [0.4, 0.5) is 32.2 Å². The molecule has 0 saturated carbocycles. The number of hydrogen-bond donors (Lipinski definition) is 1. The molecule has 0 aromatic carbocycles. The van der Waals surface area contributed by atoms with Crippen LogP contribution < -0.4 is 5.73 Å². The van der Waals surface area contributed by atoms with Crippen LogP contribution in [0.25, 0.3) is 17.1 Å². The lowest BCUT2D eigenvalue weighted by Crippen LogP contribution is -2.09. The normalized spacial score (nSPS) is 12.6. The average Bonchev–Trinajstić information content (AvgIpc) is 3.11. The van der Waals surface area contributed by atoms with Gasteiger partial charge in [0.15, 0.2) is 5.69 Å². The first-order chi connectivity index (χ1) is 11.6. The van der Waals surface area contributed by atoms with E-state index in [2.05, 4.69) is 15.1 Å². The van der Waals surface area contributed by atoms with Crippen molar-refractivity contribution < 1.29 is 26.3 Å². The summed E-state index contributed by atoms with van der Waals surface area (Å²) in [7, 11) is 0. The maximum atomic E-state index is 13.3. The molecule has 3 rings (SSSR count). The molecule has 0 aliphatic rings. The molecule has 0 aliphatic heterocycles. The number of thiophene rings is 1. The minimum absolute atomic E-state index is 0.233. The summed E-state index contributed by atoms with van der Waals surface area (Å²) in [6.45, 7) is 0. The van der Waals surface area contributed by atoms with Crippen molar-refractivity contribution in [2.24, 2.45) is 0 Å². The number of rotatable bonds is 2. The fourth-order valence-corrected chi connectivity index (χ4v) is 2.85. The number of anilines is 1. The van der Waals surface area contributed by atoms with Gasteiger partial charge in [0.1, 0.15) is 10.7 Å². The molecule has 0 atom stereocenters. The van der Waals surface area contributed by atoms with E-state index in [4.69, 9.17) is 5.73 Å². The van der Waals surface area contributed by atoms with Crippen LogP contribution in [0.15, 0.2) is 29.9 Å². The molecule has 132 valence electrons. The Labute approximate surface area is 139 Å². The van der Waals surface area contributed by atoms with E-state index in [1.165, 1.54) is 18.5 Å². The molecule has 5 nitrogen and oxygen atoms in total. The topological polar surface area (TPSA) is 69.6 Å². The van der Waals surface area contributed by atoms with Gasteiger partial charge in [-0.15, -0.1) is 11.3 Å². The first kappa shape index (κ1) is 17.2. The van der Waals surface area contributed by atoms with Crippen LogP contribution in [0.3, 0.4) is 0 Å². The van der Waals surface area contributed by atoms with E-state index in [0.717, 1.165) is 5.38 Å². The highest BCUT2D eigenvalue weighted by Crippen LogP contribution is 2.44. The Hall–Kier alpha value is -2.63. The van der Waals surface area contributed by atoms with E-state index >= 15 is 0 Å². The number of hydrogen-bond acceptors (Lipinski definition) is 5. The van der Waals surface area contributed by atoms with E-state index in [-0.39, 0.29) is 22.8 Å². The molecule has 0 amide bonds. The Balaban J connectivity index is 2.22. The minimum atomic E-state index is -4.93. The van der Waals surface area contributed by atoms with Gasteiger partial charge < -0.3 is 5.73 Å². The number of nitrogen functional groups attached to an aromatic ring is 1. The van der Waals surface area contributed by atoms with Crippen LogP contribution in [0.1, 0.15) is 10.6 Å². The standard InChI is InChI=1S/C13H7F6N5S/c14-12(15,16)7-4-6(5-25-7)8-9(13(17,18)19)23-24(10(8)20)11-21-2-1-3-22-11/h1-5H,20H2. The highest BCUT2D eigenvalue weighted by atomic mass is 32.1. The number of nitrogens with two attached hydrogens (primary N) is 1. The molecule has 12 heteroatoms. The van der Waals surface area contributed by atoms with Crippen molar-refractivity contribution in [3.8, 4) is 17.1 Å². The van der Waals surface area contributed by atoms with E-state index in [9.17, 15) is 26.3 Å². The second-order valence-corrected chi connectivity index (χ2v) is 5.68. The molecule has 0 spiro atoms. The molecule has 0 unspecified atom stereocenters. The molecular weight excluding hydrogens is 372 g/mol. The minimum Gasteiger partial charge on any atom is -0.383 e. The molecule has 0 aliphatic carbocycles. The number of nitrogens with zero attached hydrogens (tertiary/aromatic N) is 4. The maximum Gasteiger partial charge on any atom is 0.435 e. The van der Waals surface area contributed by atoms with Crippen LogP contribution >= 0.6 is 11.3 Å². The Bertz CT molecular complexity index is 896. The zero-order chi connectivity index (χ0) is 18.4. The molecule has 3 aromatic rings. The summed E-state index contributed by atoms with van der Waals surface area (Å²) in [6, 6.07) is 2.03. The van der Waals surface area contributed by atoms with Crippen LogP contribution in [0.2, 0.25) is 0 Å². The van der Waals surface area contributed by atoms with E-state index in [1.807, 2.05) is 0 Å². The van der Waals surface area contributed by atoms with Crippen molar-refractivity contribution in [2.45, 2.75) is 12.4 Å². The molecule has 3 heterocycles. The zero-order valence-electron chi connectivity index (χ0n) is 11.9. The molecular formula is C13H7F6N5S. The summed E-state index contributed by atoms with van der Waals surface area (Å²) in [4.78, 5) is 6.46. The smallest absolute Gasteiger partial charge is 0.383 e. The highest BCUT2D eigenvalue weighted by Gasteiger charge is 2.41. The molecule has 0 fully saturated rings. The SMILES string of the molecule is Nc1c(-c2csc(C(F)(F)F)c2)c(C(F)(F)F)nn1-c1ncccn1. The highest BCUT2D eigenvalue weighted by molar-refractivity contribution is 7.10. The molecule has 0 radical (unpaired) electrons. The zero-order valence-corrected chi connectivity index (χ0v) is 12.7. The number of aromatic nitrogens is 4. The van der Waals surface area contributed by atoms with Gasteiger partial charge in [-0.3, -0.25) is 0 Å². The quantitative estimate of drug-likeness (QED) is 0.683. The summed E-state index contributed by atoms with van der Waals surface area (Å²) in [5, 5.41) is 4.31. The summed E-state index contributed by atoms with van der Waals surface area (Å²) >= 11 is 0.268. The third-order valence-electron chi connectivity index (χ3n) is 3.10. The fraction of sp³-hybridized carbons (Fsp3) is 0.154. The molecule has 2 N–H and O–H groups in total. The predicted molar refractivity (Wildman–Crippen MR) is 76.9 cm³/mol. The van der Waals surface area contributed by atoms with Crippen molar-refractivity contribution in [1.29, 1.82) is 0 Å². The van der Waals surface area contributed by atoms with Gasteiger partial charge in [-0.05, 0) is 23.1 Å². The summed E-state index contributed by atoms with van der Waals surface area (Å²) in [5.41, 5.74) is 3.34. The summed E-state index contributed by atoms with van der Waals surface area (Å²) < 4.78 is 78.7. The first-order valence-electron chi connectivity index (χ1n) is 6.48. The van der Waals surface area contributed by atoms with Crippen molar-refractivity contribution >= 4 is 17.2 Å². The predicted octanol–water partition coefficient (Wildman–Crippen LogP) is 4.01. The van der Waals surface area contributed by atoms with Crippen molar-refractivity contribution in [1.82, 2.24) is 19.7 Å². The van der Waals surface area contributed by atoms with E-state index in [0.29, 0.717) is 10.7 Å².